The first-order valence-corrected chi connectivity index (χ1v) is 7.20. The molecule has 1 aromatic heterocycles. The van der Waals surface area contributed by atoms with E-state index in [0.717, 1.165) is 5.56 Å². The number of carbonyl (C=O) groups is 2. The maximum atomic E-state index is 12.3. The quantitative estimate of drug-likeness (QED) is 0.734. The average Bonchev–Trinajstić information content (AvgIpc) is 2.80. The number of halogens is 1. The molecule has 0 spiro atoms. The third kappa shape index (κ3) is 4.21. The van der Waals surface area contributed by atoms with Crippen molar-refractivity contribution >= 4 is 24.1 Å². The highest BCUT2D eigenvalue weighted by atomic mass is 35.5. The highest BCUT2D eigenvalue weighted by molar-refractivity contribution is 6.02. The Bertz CT molecular complexity index is 695. The molecule has 0 aliphatic heterocycles. The van der Waals surface area contributed by atoms with Gasteiger partial charge in [-0.25, -0.2) is 0 Å². The van der Waals surface area contributed by atoms with Crippen molar-refractivity contribution in [3.05, 3.63) is 58.4 Å². The van der Waals surface area contributed by atoms with E-state index in [-0.39, 0.29) is 30.1 Å². The van der Waals surface area contributed by atoms with Gasteiger partial charge >= 0.3 is 0 Å². The maximum Gasteiger partial charge on any atom is 0.268 e. The van der Waals surface area contributed by atoms with Crippen LogP contribution in [-0.4, -0.2) is 23.2 Å². The maximum absolute atomic E-state index is 12.3. The Kier molecular flexibility index (Phi) is 6.54. The lowest BCUT2D eigenvalue weighted by molar-refractivity contribution is 0.0946. The fourth-order valence-electron chi connectivity index (χ4n) is 2.61. The summed E-state index contributed by atoms with van der Waals surface area (Å²) in [6.45, 7) is 5.38. The average molecular weight is 336 g/mol. The van der Waals surface area contributed by atoms with Crippen molar-refractivity contribution in [2.75, 3.05) is 6.54 Å². The molecule has 0 saturated carbocycles. The fourth-order valence-corrected chi connectivity index (χ4v) is 2.61. The fraction of sp³-hybridized carbons (Fsp3) is 0.294. The molecule has 6 heteroatoms. The van der Waals surface area contributed by atoms with Crippen LogP contribution in [0.5, 0.6) is 0 Å². The first-order chi connectivity index (χ1) is 10.4. The minimum atomic E-state index is -0.270. The summed E-state index contributed by atoms with van der Waals surface area (Å²) in [6.07, 6.45) is 0. The number of hydrogen-bond donors (Lipinski definition) is 3. The Balaban J connectivity index is 0.00000264. The van der Waals surface area contributed by atoms with Gasteiger partial charge in [0, 0.05) is 23.8 Å². The number of aromatic amines is 1. The molecule has 5 nitrogen and oxygen atoms in total. The lowest BCUT2D eigenvalue weighted by Gasteiger charge is -2.13. The zero-order valence-corrected chi connectivity index (χ0v) is 14.3. The smallest absolute Gasteiger partial charge is 0.268 e. The largest absolute Gasteiger partial charge is 0.354 e. The van der Waals surface area contributed by atoms with E-state index in [1.807, 2.05) is 30.3 Å². The number of amides is 1. The normalized spacial score (nSPS) is 11.5. The van der Waals surface area contributed by atoms with Crippen LogP contribution >= 0.6 is 12.4 Å². The molecule has 23 heavy (non-hydrogen) atoms. The summed E-state index contributed by atoms with van der Waals surface area (Å²) in [6, 6.07) is 9.32. The molecular weight excluding hydrogens is 314 g/mol. The van der Waals surface area contributed by atoms with Crippen molar-refractivity contribution < 1.29 is 9.59 Å². The first-order valence-electron chi connectivity index (χ1n) is 7.20. The summed E-state index contributed by atoms with van der Waals surface area (Å²) in [5, 5.41) is 2.81. The predicted molar refractivity (Wildman–Crippen MR) is 93.2 cm³/mol. The van der Waals surface area contributed by atoms with Crippen LogP contribution < -0.4 is 11.1 Å². The predicted octanol–water partition coefficient (Wildman–Crippen LogP) is 2.69. The molecule has 4 N–H and O–H groups in total. The van der Waals surface area contributed by atoms with E-state index >= 15 is 0 Å². The molecule has 0 aliphatic carbocycles. The van der Waals surface area contributed by atoms with Crippen molar-refractivity contribution in [3.63, 3.8) is 0 Å². The number of carbonyl (C=O) groups excluding carboxylic acids is 2. The van der Waals surface area contributed by atoms with Crippen molar-refractivity contribution in [2.45, 2.75) is 26.8 Å². The second-order valence-electron chi connectivity index (χ2n) is 5.41. The summed E-state index contributed by atoms with van der Waals surface area (Å²) in [7, 11) is 0. The van der Waals surface area contributed by atoms with Gasteiger partial charge in [-0.2, -0.15) is 0 Å². The third-order valence-electron chi connectivity index (χ3n) is 3.73. The second-order valence-corrected chi connectivity index (χ2v) is 5.41. The van der Waals surface area contributed by atoms with E-state index in [9.17, 15) is 9.59 Å². The Morgan fingerprint density at radius 3 is 2.35 bits per heavy atom. The molecule has 0 radical (unpaired) electrons. The Hall–Kier alpha value is -2.11. The molecule has 1 heterocycles. The van der Waals surface area contributed by atoms with Crippen molar-refractivity contribution in [1.29, 1.82) is 0 Å². The molecule has 0 bridgehead atoms. The SMILES string of the molecule is CC(=O)c1c(C)[nH]c(C(=O)NCC(N)c2ccccc2)c1C.Cl. The topological polar surface area (TPSA) is 88.0 Å². The van der Waals surface area contributed by atoms with Gasteiger partial charge in [0.25, 0.3) is 5.91 Å². The van der Waals surface area contributed by atoms with Gasteiger partial charge in [-0.05, 0) is 31.9 Å². The van der Waals surface area contributed by atoms with Gasteiger partial charge in [-0.3, -0.25) is 9.59 Å². The number of hydrogen-bond acceptors (Lipinski definition) is 3. The van der Waals surface area contributed by atoms with Gasteiger partial charge in [-0.1, -0.05) is 30.3 Å². The molecule has 1 aromatic carbocycles. The van der Waals surface area contributed by atoms with Gasteiger partial charge in [0.1, 0.15) is 5.69 Å². The number of aryl methyl sites for hydroxylation is 1. The van der Waals surface area contributed by atoms with Crippen LogP contribution in [0.2, 0.25) is 0 Å². The van der Waals surface area contributed by atoms with Gasteiger partial charge in [-0.15, -0.1) is 12.4 Å². The van der Waals surface area contributed by atoms with Crippen molar-refractivity contribution in [2.24, 2.45) is 5.73 Å². The summed E-state index contributed by atoms with van der Waals surface area (Å²) < 4.78 is 0. The standard InChI is InChI=1S/C17H21N3O2.ClH/c1-10-15(12(3)21)11(2)20-16(10)17(22)19-9-14(18)13-7-5-4-6-8-13;/h4-8,14,20H,9,18H2,1-3H3,(H,19,22);1H. The molecule has 2 aromatic rings. The van der Waals surface area contributed by atoms with Crippen LogP contribution in [0.4, 0.5) is 0 Å². The number of nitrogens with two attached hydrogens (primary N) is 1. The summed E-state index contributed by atoms with van der Waals surface area (Å²) >= 11 is 0. The van der Waals surface area contributed by atoms with Gasteiger partial charge in [0.2, 0.25) is 0 Å². The highest BCUT2D eigenvalue weighted by Crippen LogP contribution is 2.18. The minimum Gasteiger partial charge on any atom is -0.354 e. The zero-order valence-electron chi connectivity index (χ0n) is 13.5. The number of aromatic nitrogens is 1. The molecular formula is C17H22ClN3O2. The number of H-pyrrole nitrogens is 1. The van der Waals surface area contributed by atoms with E-state index in [2.05, 4.69) is 10.3 Å². The van der Waals surface area contributed by atoms with Crippen LogP contribution in [0, 0.1) is 13.8 Å². The number of ketones is 1. The second kappa shape index (κ2) is 7.94. The third-order valence-corrected chi connectivity index (χ3v) is 3.73. The van der Waals surface area contributed by atoms with E-state index in [1.165, 1.54) is 6.92 Å². The molecule has 1 unspecified atom stereocenters. The molecule has 2 rings (SSSR count). The lowest BCUT2D eigenvalue weighted by Crippen LogP contribution is -2.32. The highest BCUT2D eigenvalue weighted by Gasteiger charge is 2.20. The Labute approximate surface area is 142 Å². The first kappa shape index (κ1) is 18.9. The minimum absolute atomic E-state index is 0. The van der Waals surface area contributed by atoms with Crippen LogP contribution in [0.1, 0.15) is 50.6 Å². The van der Waals surface area contributed by atoms with E-state index < -0.39 is 0 Å². The van der Waals surface area contributed by atoms with Gasteiger partial charge in [0.15, 0.2) is 5.78 Å². The van der Waals surface area contributed by atoms with Crippen molar-refractivity contribution in [3.8, 4) is 0 Å². The molecule has 0 fully saturated rings. The monoisotopic (exact) mass is 335 g/mol. The molecule has 1 amide bonds. The van der Waals surface area contributed by atoms with E-state index in [0.29, 0.717) is 29.1 Å². The number of Topliss-reactive ketones (excluding diaryl/α,β-unsaturated/α-hetero) is 1. The number of nitrogens with one attached hydrogen (secondary N) is 2. The van der Waals surface area contributed by atoms with Gasteiger partial charge in [0.05, 0.1) is 0 Å². The van der Waals surface area contributed by atoms with Crippen LogP contribution in [0.15, 0.2) is 30.3 Å². The molecule has 0 aliphatic rings. The van der Waals surface area contributed by atoms with E-state index in [1.54, 1.807) is 13.8 Å². The Morgan fingerprint density at radius 1 is 1.22 bits per heavy atom. The Morgan fingerprint density at radius 2 is 1.83 bits per heavy atom. The summed E-state index contributed by atoms with van der Waals surface area (Å²) in [5.41, 5.74) is 9.42. The molecule has 124 valence electrons. The van der Waals surface area contributed by atoms with Crippen molar-refractivity contribution in [1.82, 2.24) is 10.3 Å². The lowest BCUT2D eigenvalue weighted by atomic mass is 10.1. The summed E-state index contributed by atoms with van der Waals surface area (Å²) in [4.78, 5) is 26.9. The van der Waals surface area contributed by atoms with Crippen LogP contribution in [-0.2, 0) is 0 Å². The van der Waals surface area contributed by atoms with Gasteiger partial charge < -0.3 is 16.0 Å². The number of benzene rings is 1. The van der Waals surface area contributed by atoms with Crippen LogP contribution in [0.25, 0.3) is 0 Å². The number of rotatable bonds is 5. The van der Waals surface area contributed by atoms with E-state index in [4.69, 9.17) is 5.73 Å². The zero-order chi connectivity index (χ0) is 16.3. The summed E-state index contributed by atoms with van der Waals surface area (Å²) in [5.74, 6) is -0.300. The molecule has 0 saturated heterocycles. The molecule has 1 atom stereocenters. The van der Waals surface area contributed by atoms with Crippen LogP contribution in [0.3, 0.4) is 0 Å².